The van der Waals surface area contributed by atoms with Crippen molar-refractivity contribution in [2.45, 2.75) is 64.7 Å². The fraction of sp³-hybridized carbons (Fsp3) is 0.500. The van der Waals surface area contributed by atoms with Crippen LogP contribution in [0.3, 0.4) is 0 Å². The summed E-state index contributed by atoms with van der Waals surface area (Å²) >= 11 is 1.65. The van der Waals surface area contributed by atoms with Gasteiger partial charge in [-0.25, -0.2) is 4.79 Å². The second-order valence-corrected chi connectivity index (χ2v) is 8.28. The number of nitrogens with zero attached hydrogens (tertiary/aromatic N) is 2. The third-order valence-electron chi connectivity index (χ3n) is 5.38. The van der Waals surface area contributed by atoms with Crippen molar-refractivity contribution in [2.24, 2.45) is 0 Å². The number of carboxylic acids is 1. The highest BCUT2D eigenvalue weighted by atomic mass is 32.1. The number of allylic oxidation sites excluding steroid dienone is 1. The Bertz CT molecular complexity index is 938. The quantitative estimate of drug-likeness (QED) is 0.809. The van der Waals surface area contributed by atoms with Crippen molar-refractivity contribution >= 4 is 23.1 Å². The van der Waals surface area contributed by atoms with E-state index in [9.17, 15) is 14.7 Å². The van der Waals surface area contributed by atoms with Gasteiger partial charge in [0.15, 0.2) is 11.6 Å². The second-order valence-electron chi connectivity index (χ2n) is 7.09. The highest BCUT2D eigenvalue weighted by Crippen LogP contribution is 2.41. The molecule has 7 heteroatoms. The molecule has 0 bridgehead atoms. The largest absolute Gasteiger partial charge is 0.478 e. The van der Waals surface area contributed by atoms with Crippen LogP contribution in [-0.2, 0) is 35.3 Å². The molecule has 0 saturated heterocycles. The SMILES string of the molecule is CCc1noc(-c2c(CC(=O)C3=C(C(=O)O)CCC3)sc3c2CCCC3)n1. The first-order chi connectivity index (χ1) is 13.1. The normalized spacial score (nSPS) is 16.6. The average molecular weight is 386 g/mol. The third-order valence-corrected chi connectivity index (χ3v) is 6.67. The molecule has 142 valence electrons. The minimum absolute atomic E-state index is 0.0834. The summed E-state index contributed by atoms with van der Waals surface area (Å²) in [5, 5.41) is 13.4. The molecule has 0 atom stereocenters. The first-order valence-electron chi connectivity index (χ1n) is 9.53. The van der Waals surface area contributed by atoms with Crippen LogP contribution in [0.25, 0.3) is 11.5 Å². The van der Waals surface area contributed by atoms with E-state index in [2.05, 4.69) is 10.1 Å². The number of hydrogen-bond donors (Lipinski definition) is 1. The molecule has 2 aromatic heterocycles. The molecule has 0 aliphatic heterocycles. The molecule has 6 nitrogen and oxygen atoms in total. The van der Waals surface area contributed by atoms with E-state index < -0.39 is 5.97 Å². The molecule has 0 radical (unpaired) electrons. The van der Waals surface area contributed by atoms with E-state index in [1.54, 1.807) is 11.3 Å². The third kappa shape index (κ3) is 3.36. The van der Waals surface area contributed by atoms with E-state index in [0.29, 0.717) is 36.6 Å². The first-order valence-corrected chi connectivity index (χ1v) is 10.3. The number of carboxylic acid groups (broad SMARTS) is 1. The van der Waals surface area contributed by atoms with Gasteiger partial charge in [-0.1, -0.05) is 12.1 Å². The number of carbonyl (C=O) groups excluding carboxylic acids is 1. The Morgan fingerprint density at radius 3 is 2.63 bits per heavy atom. The predicted molar refractivity (Wildman–Crippen MR) is 101 cm³/mol. The molecular weight excluding hydrogens is 364 g/mol. The maximum atomic E-state index is 12.9. The highest BCUT2D eigenvalue weighted by molar-refractivity contribution is 7.12. The van der Waals surface area contributed by atoms with Crippen LogP contribution >= 0.6 is 11.3 Å². The van der Waals surface area contributed by atoms with Crippen LogP contribution in [0.1, 0.15) is 60.2 Å². The maximum Gasteiger partial charge on any atom is 0.331 e. The first kappa shape index (κ1) is 18.1. The number of aryl methyl sites for hydroxylation is 2. The lowest BCUT2D eigenvalue weighted by Gasteiger charge is -2.11. The van der Waals surface area contributed by atoms with Crippen molar-refractivity contribution in [1.29, 1.82) is 0 Å². The molecule has 2 aromatic rings. The van der Waals surface area contributed by atoms with Crippen molar-refractivity contribution in [1.82, 2.24) is 10.1 Å². The molecule has 0 fully saturated rings. The highest BCUT2D eigenvalue weighted by Gasteiger charge is 2.30. The van der Waals surface area contributed by atoms with E-state index in [4.69, 9.17) is 4.52 Å². The van der Waals surface area contributed by atoms with Crippen LogP contribution in [0.4, 0.5) is 0 Å². The molecule has 0 amide bonds. The molecular formula is C20H22N2O4S. The van der Waals surface area contributed by atoms with Crippen molar-refractivity contribution < 1.29 is 19.2 Å². The zero-order chi connectivity index (χ0) is 19.0. The molecule has 1 N–H and O–H groups in total. The number of carbonyl (C=O) groups is 2. The summed E-state index contributed by atoms with van der Waals surface area (Å²) in [6.07, 6.45) is 6.92. The van der Waals surface area contributed by atoms with Crippen LogP contribution in [0.5, 0.6) is 0 Å². The molecule has 2 heterocycles. The van der Waals surface area contributed by atoms with E-state index in [0.717, 1.165) is 42.5 Å². The summed E-state index contributed by atoms with van der Waals surface area (Å²) < 4.78 is 5.50. The van der Waals surface area contributed by atoms with Crippen molar-refractivity contribution in [3.63, 3.8) is 0 Å². The maximum absolute atomic E-state index is 12.9. The zero-order valence-electron chi connectivity index (χ0n) is 15.3. The Labute approximate surface area is 161 Å². The van der Waals surface area contributed by atoms with Gasteiger partial charge < -0.3 is 9.63 Å². The number of hydrogen-bond acceptors (Lipinski definition) is 6. The van der Waals surface area contributed by atoms with E-state index in [1.807, 2.05) is 6.92 Å². The number of aromatic nitrogens is 2. The standard InChI is InChI=1S/C20H22N2O4S/c1-2-17-21-19(26-22-17)18-13-6-3-4-9-15(13)27-16(18)10-14(23)11-7-5-8-12(11)20(24)25/h2-10H2,1H3,(H,24,25). The molecule has 0 aromatic carbocycles. The number of Topliss-reactive ketones (excluding diaryl/α,β-unsaturated/α-hetero) is 1. The summed E-state index contributed by atoms with van der Waals surface area (Å²) in [5.41, 5.74) is 2.93. The van der Waals surface area contributed by atoms with Crippen LogP contribution < -0.4 is 0 Å². The second kappa shape index (κ2) is 7.38. The lowest BCUT2D eigenvalue weighted by atomic mass is 9.93. The van der Waals surface area contributed by atoms with Crippen molar-refractivity contribution in [3.8, 4) is 11.5 Å². The Morgan fingerprint density at radius 2 is 1.89 bits per heavy atom. The molecule has 2 aliphatic rings. The summed E-state index contributed by atoms with van der Waals surface area (Å²) in [7, 11) is 0. The van der Waals surface area contributed by atoms with Gasteiger partial charge in [-0.3, -0.25) is 4.79 Å². The van der Waals surface area contributed by atoms with Crippen LogP contribution in [0.2, 0.25) is 0 Å². The van der Waals surface area contributed by atoms with Crippen molar-refractivity contribution in [3.05, 3.63) is 32.3 Å². The molecule has 2 aliphatic carbocycles. The van der Waals surface area contributed by atoms with Gasteiger partial charge in [0.1, 0.15) is 0 Å². The van der Waals surface area contributed by atoms with Gasteiger partial charge in [0.05, 0.1) is 5.56 Å². The summed E-state index contributed by atoms with van der Waals surface area (Å²) in [4.78, 5) is 31.0. The van der Waals surface area contributed by atoms with Gasteiger partial charge in [-0.15, -0.1) is 11.3 Å². The van der Waals surface area contributed by atoms with Gasteiger partial charge in [0.25, 0.3) is 5.89 Å². The zero-order valence-corrected chi connectivity index (χ0v) is 16.2. The minimum Gasteiger partial charge on any atom is -0.478 e. The number of ketones is 1. The smallest absolute Gasteiger partial charge is 0.331 e. The Hall–Kier alpha value is -2.28. The van der Waals surface area contributed by atoms with Crippen molar-refractivity contribution in [2.75, 3.05) is 0 Å². The van der Waals surface area contributed by atoms with E-state index in [1.165, 1.54) is 10.4 Å². The molecule has 27 heavy (non-hydrogen) atoms. The van der Waals surface area contributed by atoms with Crippen LogP contribution in [0, 0.1) is 0 Å². The van der Waals surface area contributed by atoms with Gasteiger partial charge in [0, 0.05) is 33.7 Å². The molecule has 0 saturated carbocycles. The molecule has 0 spiro atoms. The number of rotatable bonds is 6. The van der Waals surface area contributed by atoms with Crippen LogP contribution in [-0.4, -0.2) is 27.0 Å². The number of fused-ring (bicyclic) bond motifs is 1. The molecule has 4 rings (SSSR count). The van der Waals surface area contributed by atoms with Gasteiger partial charge in [0.2, 0.25) is 0 Å². The summed E-state index contributed by atoms with van der Waals surface area (Å²) in [6.45, 7) is 1.97. The monoisotopic (exact) mass is 386 g/mol. The van der Waals surface area contributed by atoms with Gasteiger partial charge in [-0.05, 0) is 50.5 Å². The van der Waals surface area contributed by atoms with E-state index >= 15 is 0 Å². The lowest BCUT2D eigenvalue weighted by molar-refractivity contribution is -0.133. The Kier molecular flexibility index (Phi) is 4.95. The summed E-state index contributed by atoms with van der Waals surface area (Å²) in [6, 6.07) is 0. The fourth-order valence-corrected chi connectivity index (χ4v) is 5.42. The minimum atomic E-state index is -0.967. The Morgan fingerprint density at radius 1 is 1.11 bits per heavy atom. The van der Waals surface area contributed by atoms with Crippen LogP contribution in [0.15, 0.2) is 15.7 Å². The number of aliphatic carboxylic acids is 1. The van der Waals surface area contributed by atoms with Gasteiger partial charge >= 0.3 is 5.97 Å². The lowest BCUT2D eigenvalue weighted by Crippen LogP contribution is -2.10. The molecule has 0 unspecified atom stereocenters. The summed E-state index contributed by atoms with van der Waals surface area (Å²) in [5.74, 6) is 0.101. The fourth-order valence-electron chi connectivity index (χ4n) is 4.03. The number of thiophene rings is 1. The Balaban J connectivity index is 1.72. The van der Waals surface area contributed by atoms with Gasteiger partial charge in [-0.2, -0.15) is 4.98 Å². The predicted octanol–water partition coefficient (Wildman–Crippen LogP) is 3.92. The topological polar surface area (TPSA) is 93.3 Å². The average Bonchev–Trinajstić information content (AvgIpc) is 3.38. The van der Waals surface area contributed by atoms with E-state index in [-0.39, 0.29) is 17.8 Å².